The molecule has 0 aliphatic carbocycles. The largest absolute Gasteiger partial charge is 0.444 e. The highest BCUT2D eigenvalue weighted by Gasteiger charge is 2.33. The van der Waals surface area contributed by atoms with Crippen molar-refractivity contribution in [1.82, 2.24) is 23.8 Å². The lowest BCUT2D eigenvalue weighted by molar-refractivity contribution is 0.0218. The number of carbonyl (C=O) groups is 1. The van der Waals surface area contributed by atoms with Gasteiger partial charge in [-0.1, -0.05) is 36.4 Å². The Morgan fingerprint density at radius 2 is 1.77 bits per heavy atom. The molecule has 1 aliphatic rings. The molecular formula is C28H32N6O4S. The standard InChI is InChI=1S/C28H32N6O4S/c1-20-16-32(27(35)38-28(2,3)4)14-15-33(20)25-24-22(23-12-8-9-13-29-23)17-34(26(24)31-19-30-25)39(36,37)18-21-10-6-5-7-11-21/h5-13,17,19-20H,14-16,18H2,1-4H3/t20-/m0/s1. The Hall–Kier alpha value is -3.99. The van der Waals surface area contributed by atoms with E-state index in [2.05, 4.69) is 19.9 Å². The number of hydrogen-bond acceptors (Lipinski definition) is 8. The number of nitrogens with zero attached hydrogens (tertiary/aromatic N) is 6. The molecule has 10 nitrogen and oxygen atoms in total. The Labute approximate surface area is 228 Å². The maximum absolute atomic E-state index is 13.7. The molecule has 0 saturated carbocycles. The van der Waals surface area contributed by atoms with Gasteiger partial charge in [-0.3, -0.25) is 4.98 Å². The summed E-state index contributed by atoms with van der Waals surface area (Å²) in [6, 6.07) is 14.5. The van der Waals surface area contributed by atoms with Crippen LogP contribution in [-0.4, -0.2) is 69.6 Å². The molecule has 1 saturated heterocycles. The van der Waals surface area contributed by atoms with Crippen LogP contribution in [0.2, 0.25) is 0 Å². The predicted octanol–water partition coefficient (Wildman–Crippen LogP) is 4.32. The highest BCUT2D eigenvalue weighted by Crippen LogP contribution is 2.37. The number of amides is 1. The van der Waals surface area contributed by atoms with Gasteiger partial charge in [-0.2, -0.15) is 0 Å². The van der Waals surface area contributed by atoms with E-state index in [-0.39, 0.29) is 17.9 Å². The highest BCUT2D eigenvalue weighted by atomic mass is 32.2. The molecule has 1 amide bonds. The summed E-state index contributed by atoms with van der Waals surface area (Å²) in [4.78, 5) is 30.0. The number of benzene rings is 1. The summed E-state index contributed by atoms with van der Waals surface area (Å²) in [5.74, 6) is 0.425. The molecule has 0 radical (unpaired) electrons. The molecule has 1 atom stereocenters. The number of piperazine rings is 1. The monoisotopic (exact) mass is 548 g/mol. The molecule has 3 aromatic heterocycles. The van der Waals surface area contributed by atoms with Crippen molar-refractivity contribution in [2.45, 2.75) is 45.1 Å². The fraction of sp³-hybridized carbons (Fsp3) is 0.357. The van der Waals surface area contributed by atoms with E-state index in [1.165, 1.54) is 10.3 Å². The molecule has 11 heteroatoms. The summed E-state index contributed by atoms with van der Waals surface area (Å²) in [6.07, 6.45) is 4.30. The van der Waals surface area contributed by atoms with Crippen molar-refractivity contribution in [2.24, 2.45) is 0 Å². The average Bonchev–Trinajstić information content (AvgIpc) is 3.30. The Balaban J connectivity index is 1.57. The Bertz CT molecular complexity index is 1580. The molecule has 1 aliphatic heterocycles. The molecule has 0 N–H and O–H groups in total. The first-order chi connectivity index (χ1) is 18.5. The lowest BCUT2D eigenvalue weighted by Crippen LogP contribution is -2.54. The van der Waals surface area contributed by atoms with Crippen molar-refractivity contribution in [3.8, 4) is 11.3 Å². The SMILES string of the molecule is C[C@H]1CN(C(=O)OC(C)(C)C)CCN1c1ncnc2c1c(-c1ccccn1)cn2S(=O)(=O)Cc1ccccc1. The highest BCUT2D eigenvalue weighted by molar-refractivity contribution is 7.89. The van der Waals surface area contributed by atoms with Crippen LogP contribution in [0.5, 0.6) is 0 Å². The summed E-state index contributed by atoms with van der Waals surface area (Å²) in [5, 5.41) is 0.602. The zero-order valence-electron chi connectivity index (χ0n) is 22.5. The fourth-order valence-electron chi connectivity index (χ4n) is 4.78. The summed E-state index contributed by atoms with van der Waals surface area (Å²) >= 11 is 0. The maximum Gasteiger partial charge on any atom is 0.410 e. The third kappa shape index (κ3) is 5.58. The summed E-state index contributed by atoms with van der Waals surface area (Å²) in [7, 11) is -3.81. The van der Waals surface area contributed by atoms with Gasteiger partial charge in [0.15, 0.2) is 5.65 Å². The number of rotatable bonds is 5. The van der Waals surface area contributed by atoms with Gasteiger partial charge >= 0.3 is 6.09 Å². The van der Waals surface area contributed by atoms with E-state index >= 15 is 0 Å². The van der Waals surface area contributed by atoms with Crippen molar-refractivity contribution in [3.63, 3.8) is 0 Å². The van der Waals surface area contributed by atoms with Gasteiger partial charge in [-0.25, -0.2) is 27.2 Å². The van der Waals surface area contributed by atoms with E-state index in [1.807, 2.05) is 64.1 Å². The molecule has 204 valence electrons. The van der Waals surface area contributed by atoms with Crippen molar-refractivity contribution in [2.75, 3.05) is 24.5 Å². The first-order valence-corrected chi connectivity index (χ1v) is 14.4. The van der Waals surface area contributed by atoms with Gasteiger partial charge in [-0.05, 0) is 45.4 Å². The van der Waals surface area contributed by atoms with E-state index in [1.54, 1.807) is 29.4 Å². The van der Waals surface area contributed by atoms with Gasteiger partial charge in [0.25, 0.3) is 0 Å². The number of fused-ring (bicyclic) bond motifs is 1. The van der Waals surface area contributed by atoms with Gasteiger partial charge in [0.2, 0.25) is 10.0 Å². The minimum Gasteiger partial charge on any atom is -0.444 e. The second-order valence-electron chi connectivity index (χ2n) is 10.7. The van der Waals surface area contributed by atoms with E-state index in [0.29, 0.717) is 53.3 Å². The van der Waals surface area contributed by atoms with E-state index in [9.17, 15) is 13.2 Å². The van der Waals surface area contributed by atoms with E-state index in [4.69, 9.17) is 4.74 Å². The maximum atomic E-state index is 13.7. The third-order valence-corrected chi connectivity index (χ3v) is 8.09. The topological polar surface area (TPSA) is 111 Å². The van der Waals surface area contributed by atoms with E-state index < -0.39 is 15.6 Å². The van der Waals surface area contributed by atoms with Gasteiger partial charge in [0.05, 0.1) is 16.8 Å². The number of carbonyl (C=O) groups excluding carboxylic acids is 1. The molecular weight excluding hydrogens is 516 g/mol. The first kappa shape index (κ1) is 26.6. The molecule has 4 aromatic rings. The van der Waals surface area contributed by atoms with Crippen LogP contribution in [0, 0.1) is 0 Å². The summed E-state index contributed by atoms with van der Waals surface area (Å²) in [6.45, 7) is 8.92. The van der Waals surface area contributed by atoms with Crippen LogP contribution in [0.15, 0.2) is 67.3 Å². The lowest BCUT2D eigenvalue weighted by atomic mass is 10.1. The number of hydrogen-bond donors (Lipinski definition) is 0. The third-order valence-electron chi connectivity index (χ3n) is 6.52. The quantitative estimate of drug-likeness (QED) is 0.363. The summed E-state index contributed by atoms with van der Waals surface area (Å²) < 4.78 is 34.1. The number of ether oxygens (including phenoxy) is 1. The van der Waals surface area contributed by atoms with Gasteiger partial charge in [-0.15, -0.1) is 0 Å². The van der Waals surface area contributed by atoms with Crippen molar-refractivity contribution < 1.29 is 17.9 Å². The second kappa shape index (κ2) is 10.3. The lowest BCUT2D eigenvalue weighted by Gasteiger charge is -2.41. The fourth-order valence-corrected chi connectivity index (χ4v) is 6.20. The molecule has 5 rings (SSSR count). The number of anilines is 1. The molecule has 1 fully saturated rings. The van der Waals surface area contributed by atoms with E-state index in [0.717, 1.165) is 0 Å². The van der Waals surface area contributed by atoms with Crippen LogP contribution in [0.4, 0.5) is 10.6 Å². The first-order valence-electron chi connectivity index (χ1n) is 12.8. The molecule has 0 unspecified atom stereocenters. The Kier molecular flexibility index (Phi) is 7.02. The van der Waals surface area contributed by atoms with Crippen LogP contribution < -0.4 is 4.90 Å². The van der Waals surface area contributed by atoms with Crippen molar-refractivity contribution in [3.05, 3.63) is 72.8 Å². The summed E-state index contributed by atoms with van der Waals surface area (Å²) in [5.41, 5.74) is 1.63. The zero-order valence-corrected chi connectivity index (χ0v) is 23.3. The second-order valence-corrected chi connectivity index (χ2v) is 12.5. The minimum atomic E-state index is -3.81. The smallest absolute Gasteiger partial charge is 0.410 e. The Morgan fingerprint density at radius 1 is 1.03 bits per heavy atom. The molecule has 4 heterocycles. The molecule has 1 aromatic carbocycles. The van der Waals surface area contributed by atoms with Crippen molar-refractivity contribution >= 4 is 33.0 Å². The Morgan fingerprint density at radius 3 is 2.44 bits per heavy atom. The van der Waals surface area contributed by atoms with Crippen LogP contribution in [-0.2, 0) is 20.5 Å². The van der Waals surface area contributed by atoms with Crippen LogP contribution in [0.25, 0.3) is 22.3 Å². The van der Waals surface area contributed by atoms with Crippen LogP contribution >= 0.6 is 0 Å². The number of aromatic nitrogens is 4. The molecule has 0 bridgehead atoms. The average molecular weight is 549 g/mol. The number of pyridine rings is 1. The van der Waals surface area contributed by atoms with Crippen molar-refractivity contribution in [1.29, 1.82) is 0 Å². The predicted molar refractivity (Wildman–Crippen MR) is 150 cm³/mol. The van der Waals surface area contributed by atoms with Gasteiger partial charge in [0.1, 0.15) is 17.7 Å². The molecule has 0 spiro atoms. The van der Waals surface area contributed by atoms with Crippen LogP contribution in [0.1, 0.15) is 33.3 Å². The zero-order chi connectivity index (χ0) is 27.8. The minimum absolute atomic E-state index is 0.106. The molecule has 39 heavy (non-hydrogen) atoms. The normalized spacial score (nSPS) is 16.5. The van der Waals surface area contributed by atoms with Gasteiger partial charge in [0, 0.05) is 43.6 Å². The van der Waals surface area contributed by atoms with Crippen LogP contribution in [0.3, 0.4) is 0 Å². The van der Waals surface area contributed by atoms with Gasteiger partial charge < -0.3 is 14.5 Å².